The maximum atomic E-state index is 13.0. The SMILES string of the molecule is COc1ccc(OC)c2sc(N(CCCN(C)C)C(=O)CN(C)S(C)(=O)=O)nc12.Cl. The largest absolute Gasteiger partial charge is 0.495 e. The number of rotatable bonds is 10. The van der Waals surface area contributed by atoms with Crippen LogP contribution in [0.25, 0.3) is 10.2 Å². The summed E-state index contributed by atoms with van der Waals surface area (Å²) in [4.78, 5) is 21.2. The van der Waals surface area contributed by atoms with E-state index in [0.717, 1.165) is 21.8 Å². The Hall–Kier alpha value is -1.66. The minimum Gasteiger partial charge on any atom is -0.495 e. The van der Waals surface area contributed by atoms with Gasteiger partial charge >= 0.3 is 0 Å². The lowest BCUT2D eigenvalue weighted by atomic mass is 10.3. The summed E-state index contributed by atoms with van der Waals surface area (Å²) in [6.45, 7) is 0.938. The summed E-state index contributed by atoms with van der Waals surface area (Å²) in [6.07, 6.45) is 1.79. The third kappa shape index (κ3) is 6.42. The van der Waals surface area contributed by atoms with Gasteiger partial charge in [-0.15, -0.1) is 12.4 Å². The second kappa shape index (κ2) is 11.1. The van der Waals surface area contributed by atoms with Gasteiger partial charge in [-0.3, -0.25) is 9.69 Å². The fourth-order valence-electron chi connectivity index (χ4n) is 2.65. The number of sulfonamides is 1. The molecule has 0 spiro atoms. The highest BCUT2D eigenvalue weighted by molar-refractivity contribution is 7.88. The highest BCUT2D eigenvalue weighted by Gasteiger charge is 2.25. The van der Waals surface area contributed by atoms with Crippen LogP contribution in [0, 0.1) is 0 Å². The lowest BCUT2D eigenvalue weighted by molar-refractivity contribution is -0.118. The molecule has 0 unspecified atom stereocenters. The predicted octanol–water partition coefficient (Wildman–Crippen LogP) is 1.91. The first kappa shape index (κ1) is 26.4. The van der Waals surface area contributed by atoms with Crippen molar-refractivity contribution in [2.75, 3.05) is 66.2 Å². The van der Waals surface area contributed by atoms with Gasteiger partial charge in [0, 0.05) is 13.6 Å². The van der Waals surface area contributed by atoms with E-state index in [1.807, 2.05) is 19.0 Å². The van der Waals surface area contributed by atoms with Crippen LogP contribution in [0.4, 0.5) is 5.13 Å². The van der Waals surface area contributed by atoms with Crippen molar-refractivity contribution in [3.8, 4) is 11.5 Å². The van der Waals surface area contributed by atoms with Crippen LogP contribution in [-0.4, -0.2) is 89.8 Å². The number of fused-ring (bicyclic) bond motifs is 1. The van der Waals surface area contributed by atoms with Gasteiger partial charge in [-0.25, -0.2) is 13.4 Å². The van der Waals surface area contributed by atoms with Crippen molar-refractivity contribution in [1.29, 1.82) is 0 Å². The first-order chi connectivity index (χ1) is 13.6. The number of carbonyl (C=O) groups excluding carboxylic acids is 1. The minimum atomic E-state index is -3.47. The number of hydrogen-bond donors (Lipinski definition) is 0. The zero-order chi connectivity index (χ0) is 21.8. The predicted molar refractivity (Wildman–Crippen MR) is 123 cm³/mol. The third-order valence-electron chi connectivity index (χ3n) is 4.34. The number of methoxy groups -OCH3 is 2. The summed E-state index contributed by atoms with van der Waals surface area (Å²) >= 11 is 1.32. The van der Waals surface area contributed by atoms with Crippen LogP contribution in [0.15, 0.2) is 12.1 Å². The molecule has 30 heavy (non-hydrogen) atoms. The maximum Gasteiger partial charge on any atom is 0.244 e. The molecule has 2 rings (SSSR count). The maximum absolute atomic E-state index is 13.0. The van der Waals surface area contributed by atoms with E-state index in [9.17, 15) is 13.2 Å². The standard InChI is InChI=1S/C18H28N4O5S2.ClH/c1-20(2)10-7-11-22(15(23)12-21(3)29(6,24)25)18-19-16-13(26-4)8-9-14(27-5)17(16)28-18;/h8-9H,7,10-12H2,1-6H3;1H. The van der Waals surface area contributed by atoms with Gasteiger partial charge in [-0.2, -0.15) is 4.31 Å². The molecular formula is C18H29ClN4O5S2. The Morgan fingerprint density at radius 2 is 1.70 bits per heavy atom. The number of anilines is 1. The van der Waals surface area contributed by atoms with Gasteiger partial charge in [0.25, 0.3) is 0 Å². The van der Waals surface area contributed by atoms with E-state index < -0.39 is 10.0 Å². The molecule has 0 saturated carbocycles. The molecule has 0 bridgehead atoms. The molecule has 0 atom stereocenters. The summed E-state index contributed by atoms with van der Waals surface area (Å²) in [5, 5.41) is 0.480. The van der Waals surface area contributed by atoms with Gasteiger partial charge in [-0.1, -0.05) is 11.3 Å². The molecule has 170 valence electrons. The lowest BCUT2D eigenvalue weighted by Crippen LogP contribution is -2.41. The fourth-order valence-corrected chi connectivity index (χ4v) is 4.12. The molecule has 2 aromatic rings. The Morgan fingerprint density at radius 3 is 2.23 bits per heavy atom. The van der Waals surface area contributed by atoms with Crippen molar-refractivity contribution >= 4 is 55.0 Å². The van der Waals surface area contributed by atoms with Gasteiger partial charge < -0.3 is 14.4 Å². The Morgan fingerprint density at radius 1 is 1.10 bits per heavy atom. The number of carbonyl (C=O) groups is 1. The van der Waals surface area contributed by atoms with E-state index in [4.69, 9.17) is 9.47 Å². The average Bonchev–Trinajstić information content (AvgIpc) is 3.08. The number of hydrogen-bond acceptors (Lipinski definition) is 8. The van der Waals surface area contributed by atoms with Gasteiger partial charge in [0.15, 0.2) is 5.13 Å². The van der Waals surface area contributed by atoms with Crippen LogP contribution in [0.5, 0.6) is 11.5 Å². The van der Waals surface area contributed by atoms with Crippen LogP contribution >= 0.6 is 23.7 Å². The molecule has 0 aliphatic carbocycles. The molecule has 12 heteroatoms. The number of likely N-dealkylation sites (N-methyl/N-ethyl adjacent to an activating group) is 1. The van der Waals surface area contributed by atoms with Crippen molar-refractivity contribution in [2.45, 2.75) is 6.42 Å². The van der Waals surface area contributed by atoms with Gasteiger partial charge in [-0.05, 0) is 39.2 Å². The van der Waals surface area contributed by atoms with Crippen LogP contribution < -0.4 is 14.4 Å². The summed E-state index contributed by atoms with van der Waals surface area (Å²) in [5.74, 6) is 0.879. The molecule has 0 aliphatic rings. The van der Waals surface area contributed by atoms with E-state index in [1.165, 1.54) is 23.3 Å². The topological polar surface area (TPSA) is 92.3 Å². The van der Waals surface area contributed by atoms with Crippen LogP contribution in [-0.2, 0) is 14.8 Å². The molecule has 1 aromatic heterocycles. The zero-order valence-electron chi connectivity index (χ0n) is 18.0. The molecule has 1 heterocycles. The summed E-state index contributed by atoms with van der Waals surface area (Å²) < 4.78 is 36.1. The zero-order valence-corrected chi connectivity index (χ0v) is 20.5. The van der Waals surface area contributed by atoms with Crippen LogP contribution in [0.3, 0.4) is 0 Å². The number of thiazole rings is 1. The molecule has 0 fully saturated rings. The van der Waals surface area contributed by atoms with Crippen molar-refractivity contribution in [3.63, 3.8) is 0 Å². The Kier molecular flexibility index (Phi) is 9.76. The van der Waals surface area contributed by atoms with E-state index in [1.54, 1.807) is 26.4 Å². The second-order valence-electron chi connectivity index (χ2n) is 6.87. The Labute approximate surface area is 188 Å². The number of nitrogens with zero attached hydrogens (tertiary/aromatic N) is 4. The molecule has 1 amide bonds. The third-order valence-corrected chi connectivity index (χ3v) is 6.70. The van der Waals surface area contributed by atoms with Gasteiger partial charge in [0.05, 0.1) is 27.0 Å². The van der Waals surface area contributed by atoms with Crippen molar-refractivity contribution in [3.05, 3.63) is 12.1 Å². The van der Waals surface area contributed by atoms with Gasteiger partial charge in [0.2, 0.25) is 15.9 Å². The molecule has 9 nitrogen and oxygen atoms in total. The Balaban J connectivity index is 0.00000450. The average molecular weight is 481 g/mol. The van der Waals surface area contributed by atoms with Crippen LogP contribution in [0.1, 0.15) is 6.42 Å². The fraction of sp³-hybridized carbons (Fsp3) is 0.556. The molecule has 1 aromatic carbocycles. The molecule has 0 N–H and O–H groups in total. The first-order valence-electron chi connectivity index (χ1n) is 8.96. The normalized spacial score (nSPS) is 11.6. The summed E-state index contributed by atoms with van der Waals surface area (Å²) in [5.41, 5.74) is 0.605. The highest BCUT2D eigenvalue weighted by Crippen LogP contribution is 2.40. The molecule has 0 radical (unpaired) electrons. The quantitative estimate of drug-likeness (QED) is 0.512. The minimum absolute atomic E-state index is 0. The van der Waals surface area contributed by atoms with E-state index in [-0.39, 0.29) is 24.9 Å². The van der Waals surface area contributed by atoms with E-state index in [0.29, 0.717) is 35.1 Å². The summed E-state index contributed by atoms with van der Waals surface area (Å²) in [6, 6.07) is 3.55. The van der Waals surface area contributed by atoms with E-state index in [2.05, 4.69) is 4.98 Å². The number of halogens is 1. The number of ether oxygens (including phenoxy) is 2. The first-order valence-corrected chi connectivity index (χ1v) is 11.6. The highest BCUT2D eigenvalue weighted by atomic mass is 35.5. The van der Waals surface area contributed by atoms with E-state index >= 15 is 0 Å². The molecular weight excluding hydrogens is 452 g/mol. The van der Waals surface area contributed by atoms with Crippen molar-refractivity contribution in [2.24, 2.45) is 0 Å². The van der Waals surface area contributed by atoms with Gasteiger partial charge in [0.1, 0.15) is 21.7 Å². The Bertz CT molecular complexity index is 924. The summed E-state index contributed by atoms with van der Waals surface area (Å²) in [7, 11) is 4.95. The van der Waals surface area contributed by atoms with Crippen molar-refractivity contribution in [1.82, 2.24) is 14.2 Å². The monoisotopic (exact) mass is 480 g/mol. The second-order valence-corrected chi connectivity index (χ2v) is 9.93. The van der Waals surface area contributed by atoms with Crippen molar-refractivity contribution < 1.29 is 22.7 Å². The number of benzene rings is 1. The molecule has 0 saturated heterocycles. The number of amides is 1. The smallest absolute Gasteiger partial charge is 0.244 e. The lowest BCUT2D eigenvalue weighted by Gasteiger charge is -2.23. The molecule has 0 aliphatic heterocycles. The van der Waals surface area contributed by atoms with Crippen LogP contribution in [0.2, 0.25) is 0 Å². The number of aromatic nitrogens is 1.